The Morgan fingerprint density at radius 2 is 2.00 bits per heavy atom. The van der Waals surface area contributed by atoms with Crippen molar-refractivity contribution in [3.8, 4) is 0 Å². The zero-order valence-electron chi connectivity index (χ0n) is 17.8. The van der Waals surface area contributed by atoms with Crippen LogP contribution in [-0.2, 0) is 14.3 Å². The molecule has 3 saturated heterocycles. The number of hydrogen-bond acceptors (Lipinski definition) is 6. The normalized spacial score (nSPS) is 65.2. The van der Waals surface area contributed by atoms with E-state index in [-0.39, 0.29) is 63.9 Å². The summed E-state index contributed by atoms with van der Waals surface area (Å²) < 4.78 is 6.19. The molecule has 9 rings (SSSR count). The molecule has 9 aliphatic rings. The first-order valence-corrected chi connectivity index (χ1v) is 11.1. The molecule has 3 unspecified atom stereocenters. The van der Waals surface area contributed by atoms with Crippen molar-refractivity contribution in [1.29, 1.82) is 0 Å². The largest absolute Gasteiger partial charge is 0.870 e. The van der Waals surface area contributed by atoms with Gasteiger partial charge in [0.1, 0.15) is 24.0 Å². The fourth-order valence-corrected chi connectivity index (χ4v) is 11.6. The van der Waals surface area contributed by atoms with Crippen molar-refractivity contribution < 1.29 is 34.5 Å². The van der Waals surface area contributed by atoms with Gasteiger partial charge in [-0.15, -0.1) is 0 Å². The van der Waals surface area contributed by atoms with Gasteiger partial charge in [-0.05, 0) is 31.6 Å². The van der Waals surface area contributed by atoms with E-state index in [2.05, 4.69) is 20.6 Å². The number of aliphatic hydroxyl groups is 2. The zero-order chi connectivity index (χ0) is 20.5. The maximum atomic E-state index is 13.6. The third-order valence-corrected chi connectivity index (χ3v) is 11.2. The fraction of sp³-hybridized carbons (Fsp3) is 0.826. The molecule has 7 nitrogen and oxygen atoms in total. The molecule has 3 heterocycles. The molecule has 12 atom stereocenters. The van der Waals surface area contributed by atoms with Crippen molar-refractivity contribution in [3.05, 3.63) is 12.2 Å². The lowest BCUT2D eigenvalue weighted by molar-refractivity contribution is -0.998. The van der Waals surface area contributed by atoms with Crippen LogP contribution in [0.1, 0.15) is 39.5 Å². The van der Waals surface area contributed by atoms with Crippen LogP contribution in [0.2, 0.25) is 0 Å². The summed E-state index contributed by atoms with van der Waals surface area (Å²) in [5.41, 5.74) is -1.32. The van der Waals surface area contributed by atoms with Gasteiger partial charge in [0.15, 0.2) is 0 Å². The van der Waals surface area contributed by atoms with Crippen molar-refractivity contribution in [1.82, 2.24) is 0 Å². The summed E-state index contributed by atoms with van der Waals surface area (Å²) in [6.07, 6.45) is 1.77. The number of fused-ring (bicyclic) bond motifs is 1. The Balaban J connectivity index is 0.00000175. The molecule has 0 aromatic rings. The number of hydrogen-bond donors (Lipinski definition) is 2. The third-order valence-electron chi connectivity index (χ3n) is 11.2. The standard InChI is InChI=1S/C23H30NO5.H2O/c1-10-6-21-14-5-13(10)16(26)15(21)17-22(14)8-12(29-11(2)25)7-20(3)9-24(17,4)23(28,18(20)22)19(21)27;/h12-15,17-19,27-28H,1,5-9H2,2-4H3;1H2/q+1;/p-1/t12-,13-,14?,15-,17+,18?,19-,20-,21+,22-,23-,24?;/m0./s1. The predicted octanol–water partition coefficient (Wildman–Crippen LogP) is 0.831. The maximum absolute atomic E-state index is 13.6. The molecule has 2 spiro atoms. The van der Waals surface area contributed by atoms with Crippen molar-refractivity contribution in [3.63, 3.8) is 0 Å². The van der Waals surface area contributed by atoms with E-state index in [1.54, 1.807) is 0 Å². The molecule has 3 N–H and O–H groups in total. The Bertz CT molecular complexity index is 950. The molecular formula is C23H31NO6. The van der Waals surface area contributed by atoms with Gasteiger partial charge in [0.05, 0.1) is 25.4 Å². The summed E-state index contributed by atoms with van der Waals surface area (Å²) in [6, 6.07) is 0.0166. The van der Waals surface area contributed by atoms with Gasteiger partial charge in [-0.25, -0.2) is 0 Å². The zero-order valence-corrected chi connectivity index (χ0v) is 17.8. The number of likely N-dealkylation sites (N-methyl/N-ethyl adjacent to an activating group) is 1. The van der Waals surface area contributed by atoms with Crippen LogP contribution in [0.5, 0.6) is 0 Å². The van der Waals surface area contributed by atoms with Gasteiger partial charge in [-0.3, -0.25) is 14.1 Å². The smallest absolute Gasteiger partial charge is 0.302 e. The number of ketones is 1. The van der Waals surface area contributed by atoms with E-state index in [1.165, 1.54) is 6.92 Å². The topological polar surface area (TPSA) is 114 Å². The summed E-state index contributed by atoms with van der Waals surface area (Å²) in [6.45, 7) is 8.62. The quantitative estimate of drug-likeness (QED) is 0.371. The average Bonchev–Trinajstić information content (AvgIpc) is 2.94. The molecule has 0 aromatic carbocycles. The molecule has 7 heteroatoms. The molecule has 0 radical (unpaired) electrons. The summed E-state index contributed by atoms with van der Waals surface area (Å²) in [5, 5.41) is 24.2. The van der Waals surface area contributed by atoms with Crippen molar-refractivity contribution in [2.45, 2.75) is 63.5 Å². The van der Waals surface area contributed by atoms with Crippen molar-refractivity contribution in [2.24, 2.45) is 39.9 Å². The van der Waals surface area contributed by atoms with Gasteiger partial charge in [0, 0.05) is 29.1 Å². The highest BCUT2D eigenvalue weighted by Gasteiger charge is 3.01. The van der Waals surface area contributed by atoms with Crippen molar-refractivity contribution in [2.75, 3.05) is 13.6 Å². The number of allylic oxidation sites excluding steroid dienone is 1. The van der Waals surface area contributed by atoms with E-state index in [0.29, 0.717) is 10.9 Å². The van der Waals surface area contributed by atoms with Gasteiger partial charge in [-0.1, -0.05) is 19.1 Å². The Hall–Kier alpha value is -1.28. The Morgan fingerprint density at radius 1 is 1.30 bits per heavy atom. The molecular weight excluding hydrogens is 386 g/mol. The molecule has 9 fully saturated rings. The summed E-state index contributed by atoms with van der Waals surface area (Å²) in [4.78, 5) is 25.5. The highest BCUT2D eigenvalue weighted by Crippen LogP contribution is 2.90. The van der Waals surface area contributed by atoms with E-state index in [4.69, 9.17) is 4.74 Å². The lowest BCUT2D eigenvalue weighted by Gasteiger charge is -2.65. The van der Waals surface area contributed by atoms with E-state index in [1.807, 2.05) is 0 Å². The number of quaternary nitrogens is 1. The molecule has 6 aliphatic carbocycles. The van der Waals surface area contributed by atoms with Crippen LogP contribution < -0.4 is 0 Å². The van der Waals surface area contributed by atoms with Gasteiger partial charge in [-0.2, -0.15) is 0 Å². The van der Waals surface area contributed by atoms with Crippen molar-refractivity contribution >= 4 is 11.8 Å². The predicted molar refractivity (Wildman–Crippen MR) is 103 cm³/mol. The summed E-state index contributed by atoms with van der Waals surface area (Å²) in [5.74, 6) is -0.172. The van der Waals surface area contributed by atoms with Gasteiger partial charge in [0.25, 0.3) is 0 Å². The Labute approximate surface area is 176 Å². The van der Waals surface area contributed by atoms with Crippen LogP contribution in [-0.4, -0.2) is 69.5 Å². The number of piperidine rings is 2. The molecule has 164 valence electrons. The number of ether oxygens (including phenoxy) is 1. The molecule has 9 bridgehead atoms. The SMILES string of the molecule is C=C1C[C@@]23C4C[C@@H]1C(=O)[C@H]2[C@@H]1[C@]42C[C@@H](OC(C)=O)C[C@@]4(C)C[N+]1(C)[C@](O)(C42)[C@H]3O.[OH-]. The number of Topliss-reactive ketones (excluding diaryl/α,β-unsaturated/α-hetero) is 1. The molecule has 6 saturated carbocycles. The third kappa shape index (κ3) is 1.39. The molecule has 0 amide bonds. The number of nitrogens with zero attached hydrogens (tertiary/aromatic N) is 1. The highest BCUT2D eigenvalue weighted by atomic mass is 16.5. The second-order valence-corrected chi connectivity index (χ2v) is 12.1. The molecule has 30 heavy (non-hydrogen) atoms. The molecule has 3 aliphatic heterocycles. The van der Waals surface area contributed by atoms with Crippen LogP contribution in [0, 0.1) is 39.9 Å². The number of aliphatic hydroxyl groups excluding tert-OH is 1. The monoisotopic (exact) mass is 417 g/mol. The first kappa shape index (κ1) is 19.4. The lowest BCUT2D eigenvalue weighted by Crippen LogP contribution is -2.78. The lowest BCUT2D eigenvalue weighted by atomic mass is 9.39. The second kappa shape index (κ2) is 4.72. The fourth-order valence-electron chi connectivity index (χ4n) is 11.6. The van der Waals surface area contributed by atoms with Crippen LogP contribution in [0.25, 0.3) is 0 Å². The van der Waals surface area contributed by atoms with Gasteiger partial charge in [0.2, 0.25) is 5.72 Å². The molecule has 0 aromatic heterocycles. The number of esters is 1. The van der Waals surface area contributed by atoms with Gasteiger partial charge < -0.3 is 20.4 Å². The summed E-state index contributed by atoms with van der Waals surface area (Å²) >= 11 is 0. The highest BCUT2D eigenvalue weighted by molar-refractivity contribution is 5.91. The minimum absolute atomic E-state index is 0. The first-order valence-electron chi connectivity index (χ1n) is 11.1. The minimum atomic E-state index is -1.22. The van der Waals surface area contributed by atoms with E-state index in [9.17, 15) is 19.8 Å². The maximum Gasteiger partial charge on any atom is 0.302 e. The van der Waals surface area contributed by atoms with Crippen LogP contribution in [0.15, 0.2) is 12.2 Å². The van der Waals surface area contributed by atoms with E-state index < -0.39 is 17.2 Å². The van der Waals surface area contributed by atoms with Crippen LogP contribution >= 0.6 is 0 Å². The summed E-state index contributed by atoms with van der Waals surface area (Å²) in [7, 11) is 2.09. The Morgan fingerprint density at radius 3 is 2.67 bits per heavy atom. The number of carbonyl (C=O) groups excluding carboxylic acids is 2. The first-order chi connectivity index (χ1) is 13.5. The van der Waals surface area contributed by atoms with E-state index >= 15 is 0 Å². The van der Waals surface area contributed by atoms with E-state index in [0.717, 1.165) is 31.4 Å². The van der Waals surface area contributed by atoms with Crippen LogP contribution in [0.4, 0.5) is 0 Å². The number of carbonyl (C=O) groups is 2. The minimum Gasteiger partial charge on any atom is -0.870 e. The van der Waals surface area contributed by atoms with Gasteiger partial charge >= 0.3 is 5.97 Å². The Kier molecular flexibility index (Phi) is 3.06. The average molecular weight is 418 g/mol. The van der Waals surface area contributed by atoms with Crippen LogP contribution in [0.3, 0.4) is 0 Å². The second-order valence-electron chi connectivity index (χ2n) is 12.1. The number of rotatable bonds is 1.